The molecule has 0 spiro atoms. The summed E-state index contributed by atoms with van der Waals surface area (Å²) in [6.45, 7) is 1.06. The van der Waals surface area contributed by atoms with Crippen molar-refractivity contribution in [3.63, 3.8) is 0 Å². The van der Waals surface area contributed by atoms with Crippen LogP contribution in [0.1, 0.15) is 11.1 Å². The molecule has 0 bridgehead atoms. The monoisotopic (exact) mass is 254 g/mol. The summed E-state index contributed by atoms with van der Waals surface area (Å²) in [5.74, 6) is -0.219. The molecule has 0 fully saturated rings. The van der Waals surface area contributed by atoms with Crippen molar-refractivity contribution >= 4 is 10.9 Å². The minimum Gasteiger partial charge on any atom is -0.343 e. The predicted octanol–water partition coefficient (Wildman–Crippen LogP) is 3.29. The Kier molecular flexibility index (Phi) is 3.05. The number of para-hydroxylation sites is 1. The lowest BCUT2D eigenvalue weighted by Crippen LogP contribution is -2.06. The number of rotatable bonds is 3. The largest absolute Gasteiger partial charge is 0.343 e. The van der Waals surface area contributed by atoms with E-state index in [0.29, 0.717) is 13.1 Å². The zero-order chi connectivity index (χ0) is 13.2. The molecule has 0 atom stereocenters. The Hall–Kier alpha value is -2.13. The van der Waals surface area contributed by atoms with E-state index in [-0.39, 0.29) is 5.82 Å². The average molecular weight is 254 g/mol. The molecule has 0 aliphatic rings. The van der Waals surface area contributed by atoms with Crippen LogP contribution in [0.5, 0.6) is 0 Å². The SMILES string of the molecule is NCc1ccc(F)cc1Cn1ccc2ccccc21. The Bertz CT molecular complexity index is 716. The summed E-state index contributed by atoms with van der Waals surface area (Å²) in [6, 6.07) is 15.0. The second-order valence-electron chi connectivity index (χ2n) is 4.62. The van der Waals surface area contributed by atoms with Crippen LogP contribution in [0.25, 0.3) is 10.9 Å². The Balaban J connectivity index is 2.03. The van der Waals surface area contributed by atoms with E-state index in [2.05, 4.69) is 22.8 Å². The molecule has 2 nitrogen and oxygen atoms in total. The molecule has 96 valence electrons. The van der Waals surface area contributed by atoms with Crippen molar-refractivity contribution in [1.82, 2.24) is 4.57 Å². The minimum absolute atomic E-state index is 0.219. The molecule has 0 saturated heterocycles. The summed E-state index contributed by atoms with van der Waals surface area (Å²) < 4.78 is 15.5. The van der Waals surface area contributed by atoms with Crippen LogP contribution in [-0.4, -0.2) is 4.57 Å². The fourth-order valence-corrected chi connectivity index (χ4v) is 2.40. The lowest BCUT2D eigenvalue weighted by molar-refractivity contribution is 0.622. The van der Waals surface area contributed by atoms with Gasteiger partial charge in [0.25, 0.3) is 0 Å². The van der Waals surface area contributed by atoms with Gasteiger partial charge in [-0.05, 0) is 40.8 Å². The van der Waals surface area contributed by atoms with Crippen LogP contribution in [0, 0.1) is 5.82 Å². The van der Waals surface area contributed by atoms with Crippen molar-refractivity contribution in [1.29, 1.82) is 0 Å². The van der Waals surface area contributed by atoms with Crippen LogP contribution in [0.2, 0.25) is 0 Å². The lowest BCUT2D eigenvalue weighted by atomic mass is 10.1. The van der Waals surface area contributed by atoms with Gasteiger partial charge in [-0.25, -0.2) is 4.39 Å². The number of benzene rings is 2. The molecule has 2 N–H and O–H groups in total. The van der Waals surface area contributed by atoms with Gasteiger partial charge in [0.15, 0.2) is 0 Å². The second-order valence-corrected chi connectivity index (χ2v) is 4.62. The van der Waals surface area contributed by atoms with Gasteiger partial charge in [0.1, 0.15) is 5.82 Å². The second kappa shape index (κ2) is 4.86. The highest BCUT2D eigenvalue weighted by molar-refractivity contribution is 5.80. The maximum absolute atomic E-state index is 13.4. The van der Waals surface area contributed by atoms with E-state index < -0.39 is 0 Å². The highest BCUT2D eigenvalue weighted by Gasteiger charge is 2.06. The van der Waals surface area contributed by atoms with Crippen molar-refractivity contribution in [3.8, 4) is 0 Å². The van der Waals surface area contributed by atoms with Gasteiger partial charge in [0.05, 0.1) is 0 Å². The third-order valence-electron chi connectivity index (χ3n) is 3.41. The van der Waals surface area contributed by atoms with Crippen LogP contribution in [0.15, 0.2) is 54.7 Å². The maximum atomic E-state index is 13.4. The molecule has 3 heteroatoms. The summed E-state index contributed by atoms with van der Waals surface area (Å²) in [4.78, 5) is 0. The molecule has 1 aromatic heterocycles. The third kappa shape index (κ3) is 2.25. The van der Waals surface area contributed by atoms with Crippen LogP contribution < -0.4 is 5.73 Å². The number of hydrogen-bond acceptors (Lipinski definition) is 1. The third-order valence-corrected chi connectivity index (χ3v) is 3.41. The molecular weight excluding hydrogens is 239 g/mol. The van der Waals surface area contributed by atoms with E-state index in [1.54, 1.807) is 12.1 Å². The number of fused-ring (bicyclic) bond motifs is 1. The predicted molar refractivity (Wildman–Crippen MR) is 75.3 cm³/mol. The Morgan fingerprint density at radius 2 is 1.84 bits per heavy atom. The fraction of sp³-hybridized carbons (Fsp3) is 0.125. The molecule has 1 heterocycles. The smallest absolute Gasteiger partial charge is 0.123 e. The maximum Gasteiger partial charge on any atom is 0.123 e. The fourth-order valence-electron chi connectivity index (χ4n) is 2.40. The number of halogens is 1. The van der Waals surface area contributed by atoms with Gasteiger partial charge in [0.2, 0.25) is 0 Å². The minimum atomic E-state index is -0.219. The van der Waals surface area contributed by atoms with Crippen LogP contribution >= 0.6 is 0 Å². The standard InChI is InChI=1S/C16H15FN2/c17-15-6-5-13(10-18)14(9-15)11-19-8-7-12-3-1-2-4-16(12)19/h1-9H,10-11,18H2. The van der Waals surface area contributed by atoms with Gasteiger partial charge in [-0.2, -0.15) is 0 Å². The average Bonchev–Trinajstić information content (AvgIpc) is 2.83. The normalized spacial score (nSPS) is 11.1. The first-order valence-corrected chi connectivity index (χ1v) is 6.29. The van der Waals surface area contributed by atoms with Crippen LogP contribution in [0.3, 0.4) is 0 Å². The molecule has 0 saturated carbocycles. The summed E-state index contributed by atoms with van der Waals surface area (Å²) in [5.41, 5.74) is 8.78. The van der Waals surface area contributed by atoms with Gasteiger partial charge in [-0.15, -0.1) is 0 Å². The first-order chi connectivity index (χ1) is 9.28. The summed E-state index contributed by atoms with van der Waals surface area (Å²) >= 11 is 0. The molecule has 3 rings (SSSR count). The first-order valence-electron chi connectivity index (χ1n) is 6.29. The zero-order valence-corrected chi connectivity index (χ0v) is 10.5. The van der Waals surface area contributed by atoms with E-state index >= 15 is 0 Å². The number of nitrogens with zero attached hydrogens (tertiary/aromatic N) is 1. The van der Waals surface area contributed by atoms with E-state index in [1.807, 2.05) is 18.3 Å². The molecule has 19 heavy (non-hydrogen) atoms. The van der Waals surface area contributed by atoms with Crippen LogP contribution in [0.4, 0.5) is 4.39 Å². The number of nitrogens with two attached hydrogens (primary N) is 1. The van der Waals surface area contributed by atoms with E-state index in [1.165, 1.54) is 11.5 Å². The molecule has 0 aliphatic heterocycles. The van der Waals surface area contributed by atoms with E-state index in [9.17, 15) is 4.39 Å². The molecule has 0 radical (unpaired) electrons. The zero-order valence-electron chi connectivity index (χ0n) is 10.5. The van der Waals surface area contributed by atoms with Crippen molar-refractivity contribution in [2.75, 3.05) is 0 Å². The highest BCUT2D eigenvalue weighted by atomic mass is 19.1. The van der Waals surface area contributed by atoms with Crippen molar-refractivity contribution < 1.29 is 4.39 Å². The summed E-state index contributed by atoms with van der Waals surface area (Å²) in [5, 5.41) is 1.19. The molecule has 0 unspecified atom stereocenters. The topological polar surface area (TPSA) is 30.9 Å². The summed E-state index contributed by atoms with van der Waals surface area (Å²) in [7, 11) is 0. The van der Waals surface area contributed by atoms with Gasteiger partial charge < -0.3 is 10.3 Å². The molecular formula is C16H15FN2. The Morgan fingerprint density at radius 3 is 2.68 bits per heavy atom. The van der Waals surface area contributed by atoms with E-state index in [0.717, 1.165) is 16.6 Å². The Labute approximate surface area is 111 Å². The molecule has 0 aliphatic carbocycles. The summed E-state index contributed by atoms with van der Waals surface area (Å²) in [6.07, 6.45) is 2.02. The van der Waals surface area contributed by atoms with Crippen molar-refractivity contribution in [2.45, 2.75) is 13.1 Å². The first kappa shape index (κ1) is 11.9. The van der Waals surface area contributed by atoms with Gasteiger partial charge >= 0.3 is 0 Å². The highest BCUT2D eigenvalue weighted by Crippen LogP contribution is 2.19. The van der Waals surface area contributed by atoms with Gasteiger partial charge in [-0.1, -0.05) is 24.3 Å². The quantitative estimate of drug-likeness (QED) is 0.764. The molecule has 0 amide bonds. The molecule has 3 aromatic rings. The van der Waals surface area contributed by atoms with E-state index in [4.69, 9.17) is 5.73 Å². The number of hydrogen-bond donors (Lipinski definition) is 1. The molecule has 2 aromatic carbocycles. The van der Waals surface area contributed by atoms with Gasteiger partial charge in [-0.3, -0.25) is 0 Å². The number of aromatic nitrogens is 1. The Morgan fingerprint density at radius 1 is 1.00 bits per heavy atom. The van der Waals surface area contributed by atoms with Crippen molar-refractivity contribution in [2.24, 2.45) is 5.73 Å². The van der Waals surface area contributed by atoms with Crippen molar-refractivity contribution in [3.05, 3.63) is 71.7 Å². The van der Waals surface area contributed by atoms with Gasteiger partial charge in [0, 0.05) is 24.8 Å². The lowest BCUT2D eigenvalue weighted by Gasteiger charge is -2.10. The van der Waals surface area contributed by atoms with Crippen LogP contribution in [-0.2, 0) is 13.1 Å².